The molecule has 2 atom stereocenters. The molecule has 1 aromatic rings. The van der Waals surface area contributed by atoms with E-state index in [-0.39, 0.29) is 18.0 Å². The normalized spacial score (nSPS) is 13.8. The lowest BCUT2D eigenvalue weighted by molar-refractivity contribution is -0.147. The van der Waals surface area contributed by atoms with E-state index in [1.807, 2.05) is 0 Å². The molecule has 8 heteroatoms. The zero-order valence-corrected chi connectivity index (χ0v) is 13.7. The Bertz CT molecular complexity index is 556. The zero-order valence-electron chi connectivity index (χ0n) is 13.7. The van der Waals surface area contributed by atoms with E-state index in [9.17, 15) is 14.7 Å². The lowest BCUT2D eigenvalue weighted by Gasteiger charge is -2.22. The minimum Gasteiger partial charge on any atom is -0.465 e. The molecule has 0 aliphatic heterocycles. The summed E-state index contributed by atoms with van der Waals surface area (Å²) < 4.78 is 9.91. The van der Waals surface area contributed by atoms with Gasteiger partial charge < -0.3 is 20.3 Å². The molecule has 1 rings (SSSR count). The van der Waals surface area contributed by atoms with E-state index in [1.54, 1.807) is 33.8 Å². The van der Waals surface area contributed by atoms with Gasteiger partial charge in [-0.2, -0.15) is 0 Å². The van der Waals surface area contributed by atoms with Crippen molar-refractivity contribution in [2.45, 2.75) is 45.4 Å². The number of ether oxygens (including phenoxy) is 2. The average Bonchev–Trinajstić information content (AvgIpc) is 2.44. The van der Waals surface area contributed by atoms with Crippen LogP contribution < -0.4 is 11.1 Å². The van der Waals surface area contributed by atoms with Crippen LogP contribution in [0.25, 0.3) is 0 Å². The van der Waals surface area contributed by atoms with Crippen LogP contribution in [0, 0.1) is 0 Å². The highest BCUT2D eigenvalue weighted by molar-refractivity contribution is 5.85. The fraction of sp³-hybridized carbons (Fsp3) is 0.533. The van der Waals surface area contributed by atoms with Gasteiger partial charge in [-0.25, -0.2) is 9.78 Å². The molecule has 0 unspecified atom stereocenters. The summed E-state index contributed by atoms with van der Waals surface area (Å²) in [5, 5.41) is 12.7. The Labute approximate surface area is 135 Å². The first-order chi connectivity index (χ1) is 10.7. The van der Waals surface area contributed by atoms with Crippen LogP contribution in [0.3, 0.4) is 0 Å². The standard InChI is InChI=1S/C15H23N3O5/c1-5-22-13(20)10(16)11(19)9-7-6-8-17-12(9)18-14(21)23-15(2,3)4/h6-8,10-11,19H,5,16H2,1-4H3,(H,17,18,21)/t10-,11-/m1/s1. The molecule has 0 saturated heterocycles. The third-order valence-electron chi connectivity index (χ3n) is 2.68. The summed E-state index contributed by atoms with van der Waals surface area (Å²) in [6.07, 6.45) is -0.680. The third-order valence-corrected chi connectivity index (χ3v) is 2.68. The SMILES string of the molecule is CCOC(=O)[C@H](N)[C@H](O)c1cccnc1NC(=O)OC(C)(C)C. The Morgan fingerprint density at radius 1 is 1.43 bits per heavy atom. The summed E-state index contributed by atoms with van der Waals surface area (Å²) in [4.78, 5) is 27.4. The number of hydrogen-bond donors (Lipinski definition) is 3. The molecule has 23 heavy (non-hydrogen) atoms. The van der Waals surface area contributed by atoms with Crippen LogP contribution in [0.2, 0.25) is 0 Å². The quantitative estimate of drug-likeness (QED) is 0.698. The van der Waals surface area contributed by atoms with Crippen LogP contribution in [0.1, 0.15) is 39.4 Å². The lowest BCUT2D eigenvalue weighted by atomic mass is 10.0. The average molecular weight is 325 g/mol. The number of pyridine rings is 1. The van der Waals surface area contributed by atoms with E-state index < -0.39 is 29.8 Å². The van der Waals surface area contributed by atoms with Gasteiger partial charge in [0.05, 0.1) is 6.61 Å². The van der Waals surface area contributed by atoms with Crippen LogP contribution in [0.4, 0.5) is 10.6 Å². The second-order valence-electron chi connectivity index (χ2n) is 5.79. The van der Waals surface area contributed by atoms with Gasteiger partial charge in [0, 0.05) is 11.8 Å². The van der Waals surface area contributed by atoms with Crippen LogP contribution in [-0.2, 0) is 14.3 Å². The van der Waals surface area contributed by atoms with Crippen molar-refractivity contribution < 1.29 is 24.2 Å². The van der Waals surface area contributed by atoms with Gasteiger partial charge in [0.1, 0.15) is 23.6 Å². The van der Waals surface area contributed by atoms with Gasteiger partial charge in [0.15, 0.2) is 0 Å². The van der Waals surface area contributed by atoms with E-state index >= 15 is 0 Å². The van der Waals surface area contributed by atoms with E-state index in [2.05, 4.69) is 10.3 Å². The molecule has 0 radical (unpaired) electrons. The van der Waals surface area contributed by atoms with Crippen LogP contribution in [-0.4, -0.2) is 40.4 Å². The Hall–Kier alpha value is -2.19. The number of rotatable bonds is 5. The van der Waals surface area contributed by atoms with Crippen molar-refractivity contribution in [1.29, 1.82) is 0 Å². The van der Waals surface area contributed by atoms with Gasteiger partial charge in [0.25, 0.3) is 0 Å². The molecular weight excluding hydrogens is 302 g/mol. The van der Waals surface area contributed by atoms with Gasteiger partial charge >= 0.3 is 12.1 Å². The van der Waals surface area contributed by atoms with Gasteiger partial charge in [-0.3, -0.25) is 10.1 Å². The fourth-order valence-electron chi connectivity index (χ4n) is 1.72. The summed E-state index contributed by atoms with van der Waals surface area (Å²) in [6, 6.07) is 1.76. The number of hydrogen-bond acceptors (Lipinski definition) is 7. The maximum atomic E-state index is 11.8. The highest BCUT2D eigenvalue weighted by atomic mass is 16.6. The summed E-state index contributed by atoms with van der Waals surface area (Å²) in [6.45, 7) is 6.94. The number of aromatic nitrogens is 1. The first kappa shape index (κ1) is 18.9. The van der Waals surface area contributed by atoms with E-state index in [0.717, 1.165) is 0 Å². The van der Waals surface area contributed by atoms with Crippen LogP contribution >= 0.6 is 0 Å². The van der Waals surface area contributed by atoms with Crippen molar-refractivity contribution in [1.82, 2.24) is 4.98 Å². The van der Waals surface area contributed by atoms with Gasteiger partial charge in [-0.1, -0.05) is 6.07 Å². The third kappa shape index (κ3) is 5.84. The maximum Gasteiger partial charge on any atom is 0.413 e. The summed E-state index contributed by atoms with van der Waals surface area (Å²) in [7, 11) is 0. The van der Waals surface area contributed by atoms with Gasteiger partial charge in [0.2, 0.25) is 0 Å². The van der Waals surface area contributed by atoms with Crippen molar-refractivity contribution in [3.05, 3.63) is 23.9 Å². The molecule has 0 bridgehead atoms. The summed E-state index contributed by atoms with van der Waals surface area (Å²) in [5.74, 6) is -0.680. The molecule has 0 fully saturated rings. The zero-order chi connectivity index (χ0) is 17.6. The molecule has 0 spiro atoms. The van der Waals surface area contributed by atoms with Gasteiger partial charge in [-0.15, -0.1) is 0 Å². The number of anilines is 1. The fourth-order valence-corrected chi connectivity index (χ4v) is 1.72. The Morgan fingerprint density at radius 3 is 2.65 bits per heavy atom. The molecule has 0 aliphatic carbocycles. The first-order valence-electron chi connectivity index (χ1n) is 7.21. The van der Waals surface area contributed by atoms with Crippen molar-refractivity contribution in [2.24, 2.45) is 5.73 Å². The number of aliphatic hydroxyl groups excluding tert-OH is 1. The number of carbonyl (C=O) groups excluding carboxylic acids is 2. The smallest absolute Gasteiger partial charge is 0.413 e. The predicted octanol–water partition coefficient (Wildman–Crippen LogP) is 1.35. The van der Waals surface area contributed by atoms with Crippen LogP contribution in [0.5, 0.6) is 0 Å². The molecule has 8 nitrogen and oxygen atoms in total. The molecule has 1 aromatic heterocycles. The van der Waals surface area contributed by atoms with Crippen molar-refractivity contribution >= 4 is 17.9 Å². The second kappa shape index (κ2) is 7.89. The lowest BCUT2D eigenvalue weighted by Crippen LogP contribution is -2.38. The number of aliphatic hydroxyl groups is 1. The monoisotopic (exact) mass is 325 g/mol. The molecule has 0 aliphatic rings. The molecule has 4 N–H and O–H groups in total. The maximum absolute atomic E-state index is 11.8. The van der Waals surface area contributed by atoms with Crippen LogP contribution in [0.15, 0.2) is 18.3 Å². The summed E-state index contributed by atoms with van der Waals surface area (Å²) in [5.41, 5.74) is 5.20. The highest BCUT2D eigenvalue weighted by Crippen LogP contribution is 2.23. The molecule has 1 amide bonds. The van der Waals surface area contributed by atoms with E-state index in [4.69, 9.17) is 15.2 Å². The largest absolute Gasteiger partial charge is 0.465 e. The Kier molecular flexibility index (Phi) is 6.47. The topological polar surface area (TPSA) is 124 Å². The number of esters is 1. The molecular formula is C15H23N3O5. The second-order valence-corrected chi connectivity index (χ2v) is 5.79. The summed E-state index contributed by atoms with van der Waals surface area (Å²) >= 11 is 0. The first-order valence-corrected chi connectivity index (χ1v) is 7.21. The molecule has 1 heterocycles. The van der Waals surface area contributed by atoms with Crippen molar-refractivity contribution in [3.8, 4) is 0 Å². The van der Waals surface area contributed by atoms with E-state index in [1.165, 1.54) is 12.3 Å². The minimum atomic E-state index is -1.38. The predicted molar refractivity (Wildman–Crippen MR) is 83.7 cm³/mol. The minimum absolute atomic E-state index is 0.0639. The highest BCUT2D eigenvalue weighted by Gasteiger charge is 2.28. The number of nitrogens with two attached hydrogens (primary N) is 1. The molecule has 0 saturated carbocycles. The Balaban J connectivity index is 2.92. The van der Waals surface area contributed by atoms with Crippen molar-refractivity contribution in [2.75, 3.05) is 11.9 Å². The molecule has 0 aromatic carbocycles. The van der Waals surface area contributed by atoms with E-state index in [0.29, 0.717) is 0 Å². The number of nitrogens with zero attached hydrogens (tertiary/aromatic N) is 1. The number of nitrogens with one attached hydrogen (secondary N) is 1. The Morgan fingerprint density at radius 2 is 2.09 bits per heavy atom. The van der Waals surface area contributed by atoms with Gasteiger partial charge in [-0.05, 0) is 33.8 Å². The number of carbonyl (C=O) groups is 2. The van der Waals surface area contributed by atoms with Crippen molar-refractivity contribution in [3.63, 3.8) is 0 Å². The molecule has 128 valence electrons. The number of amides is 1.